The van der Waals surface area contributed by atoms with Gasteiger partial charge in [0, 0.05) is 73.8 Å². The number of hydrogen-bond donors (Lipinski definition) is 1. The van der Waals surface area contributed by atoms with E-state index in [1.54, 1.807) is 48.7 Å². The molecule has 0 amide bonds. The molecule has 0 aliphatic carbocycles. The molecule has 0 unspecified atom stereocenters. The van der Waals surface area contributed by atoms with Gasteiger partial charge in [-0.05, 0) is 55.5 Å². The van der Waals surface area contributed by atoms with E-state index in [1.165, 1.54) is 0 Å². The Morgan fingerprint density at radius 2 is 1.95 bits per heavy atom. The first-order chi connectivity index (χ1) is 18.2. The number of fused-ring (bicyclic) bond motifs is 2. The quantitative estimate of drug-likeness (QED) is 0.434. The van der Waals surface area contributed by atoms with Crippen LogP contribution in [0.15, 0.2) is 41.5 Å². The van der Waals surface area contributed by atoms with Gasteiger partial charge in [-0.2, -0.15) is 5.10 Å². The molecule has 6 rings (SSSR count). The van der Waals surface area contributed by atoms with Gasteiger partial charge in [0.1, 0.15) is 11.6 Å². The summed E-state index contributed by atoms with van der Waals surface area (Å²) in [4.78, 5) is 21.9. The van der Waals surface area contributed by atoms with E-state index in [9.17, 15) is 18.7 Å². The predicted octanol–water partition coefficient (Wildman–Crippen LogP) is 4.24. The van der Waals surface area contributed by atoms with Gasteiger partial charge in [-0.1, -0.05) is 0 Å². The van der Waals surface area contributed by atoms with Gasteiger partial charge < -0.3 is 19.5 Å². The number of aliphatic hydroxyl groups excluding tert-OH is 1. The molecule has 1 N–H and O–H groups in total. The van der Waals surface area contributed by atoms with Gasteiger partial charge >= 0.3 is 0 Å². The van der Waals surface area contributed by atoms with Gasteiger partial charge in [0.05, 0.1) is 17.8 Å². The fourth-order valence-electron chi connectivity index (χ4n) is 5.76. The molecule has 0 saturated carbocycles. The van der Waals surface area contributed by atoms with Crippen LogP contribution < -0.4 is 15.4 Å². The van der Waals surface area contributed by atoms with Crippen molar-refractivity contribution in [3.05, 3.63) is 63.7 Å². The first-order valence-electron chi connectivity index (χ1n) is 12.9. The van der Waals surface area contributed by atoms with E-state index in [1.807, 2.05) is 28.0 Å². The highest BCUT2D eigenvalue weighted by Gasteiger charge is 2.29. The van der Waals surface area contributed by atoms with Gasteiger partial charge in [-0.3, -0.25) is 9.48 Å². The molecule has 8 nitrogen and oxygen atoms in total. The summed E-state index contributed by atoms with van der Waals surface area (Å²) in [6.07, 6.45) is 2.49. The van der Waals surface area contributed by atoms with Crippen LogP contribution in [-0.2, 0) is 20.5 Å². The highest BCUT2D eigenvalue weighted by atomic mass is 19.3. The van der Waals surface area contributed by atoms with E-state index in [0.717, 1.165) is 29.3 Å². The standard InChI is InChI=1S/C28H30F2N6O2/c1-16-9-22-24(34(3)28(16)38)12-25(35-8-6-19(37)15-35)32-27(22)36-7-4-5-17-10-20(18-13-31-33(2)14-18)21(26(29)30)11-23(17)36/h9-14,19,26,37H,4-8,15H2,1-3H3/t19-/m1/s1. The van der Waals surface area contributed by atoms with Crippen LogP contribution in [0.25, 0.3) is 22.0 Å². The van der Waals surface area contributed by atoms with Crippen LogP contribution in [0.5, 0.6) is 0 Å². The van der Waals surface area contributed by atoms with Crippen LogP contribution in [0.2, 0.25) is 0 Å². The minimum atomic E-state index is -2.66. The van der Waals surface area contributed by atoms with Crippen LogP contribution in [0, 0.1) is 6.92 Å². The number of aryl methyl sites for hydroxylation is 4. The highest BCUT2D eigenvalue weighted by molar-refractivity contribution is 5.95. The lowest BCUT2D eigenvalue weighted by Crippen LogP contribution is -2.29. The van der Waals surface area contributed by atoms with Crippen molar-refractivity contribution in [2.24, 2.45) is 14.1 Å². The number of aliphatic hydroxyl groups is 1. The SMILES string of the molecule is Cc1cc2c(N3CCCc4cc(-c5cnn(C)c5)c(C(F)F)cc43)nc(N3CC[C@@H](O)C3)cc2n(C)c1=O. The molecule has 1 atom stereocenters. The Labute approximate surface area is 218 Å². The molecule has 2 aliphatic rings. The fourth-order valence-corrected chi connectivity index (χ4v) is 5.76. The summed E-state index contributed by atoms with van der Waals surface area (Å²) in [5.74, 6) is 1.30. The summed E-state index contributed by atoms with van der Waals surface area (Å²) < 4.78 is 32.0. The summed E-state index contributed by atoms with van der Waals surface area (Å²) in [7, 11) is 3.51. The molecule has 0 radical (unpaired) electrons. The second kappa shape index (κ2) is 9.20. The zero-order valence-corrected chi connectivity index (χ0v) is 21.7. The minimum absolute atomic E-state index is 0.0460. The summed E-state index contributed by atoms with van der Waals surface area (Å²) >= 11 is 0. The first-order valence-corrected chi connectivity index (χ1v) is 12.9. The van der Waals surface area contributed by atoms with Gasteiger partial charge in [0.15, 0.2) is 0 Å². The average molecular weight is 521 g/mol. The van der Waals surface area contributed by atoms with Gasteiger partial charge in [-0.25, -0.2) is 13.8 Å². The third kappa shape index (κ3) is 4.03. The van der Waals surface area contributed by atoms with E-state index in [2.05, 4.69) is 5.10 Å². The number of β-amino-alcohol motifs (C(OH)–C–C–N with tert-alkyl or cyclic N) is 1. The smallest absolute Gasteiger partial charge is 0.264 e. The molecule has 10 heteroatoms. The monoisotopic (exact) mass is 520 g/mol. The van der Waals surface area contributed by atoms with Crippen molar-refractivity contribution in [1.82, 2.24) is 19.3 Å². The summed E-state index contributed by atoms with van der Waals surface area (Å²) in [6.45, 7) is 3.49. The summed E-state index contributed by atoms with van der Waals surface area (Å²) in [6, 6.07) is 7.19. The highest BCUT2D eigenvalue weighted by Crippen LogP contribution is 2.43. The number of rotatable bonds is 4. The molecule has 1 fully saturated rings. The third-order valence-corrected chi connectivity index (χ3v) is 7.73. The Kier molecular flexibility index (Phi) is 5.94. The van der Waals surface area contributed by atoms with Crippen molar-refractivity contribution in [2.75, 3.05) is 29.4 Å². The number of benzene rings is 1. The van der Waals surface area contributed by atoms with Crippen LogP contribution >= 0.6 is 0 Å². The second-order valence-electron chi connectivity index (χ2n) is 10.3. The molecule has 3 aromatic heterocycles. The largest absolute Gasteiger partial charge is 0.391 e. The molecular formula is C28H30F2N6O2. The topological polar surface area (TPSA) is 79.4 Å². The minimum Gasteiger partial charge on any atom is -0.391 e. The third-order valence-electron chi connectivity index (χ3n) is 7.73. The van der Waals surface area contributed by atoms with Crippen molar-refractivity contribution in [3.63, 3.8) is 0 Å². The van der Waals surface area contributed by atoms with Gasteiger partial charge in [-0.15, -0.1) is 0 Å². The maximum Gasteiger partial charge on any atom is 0.264 e. The molecule has 2 aliphatic heterocycles. The Morgan fingerprint density at radius 1 is 1.13 bits per heavy atom. The average Bonchev–Trinajstić information content (AvgIpc) is 3.54. The van der Waals surface area contributed by atoms with Crippen LogP contribution in [0.1, 0.15) is 36.0 Å². The normalized spacial score (nSPS) is 17.6. The van der Waals surface area contributed by atoms with Gasteiger partial charge in [0.2, 0.25) is 0 Å². The Balaban J connectivity index is 1.57. The van der Waals surface area contributed by atoms with Crippen LogP contribution in [0.3, 0.4) is 0 Å². The zero-order chi connectivity index (χ0) is 26.7. The van der Waals surface area contributed by atoms with Gasteiger partial charge in [0.25, 0.3) is 12.0 Å². The lowest BCUT2D eigenvalue weighted by atomic mass is 9.93. The number of alkyl halides is 2. The van der Waals surface area contributed by atoms with E-state index in [-0.39, 0.29) is 11.1 Å². The number of hydrogen-bond acceptors (Lipinski definition) is 6. The maximum absolute atomic E-state index is 14.4. The van der Waals surface area contributed by atoms with Crippen LogP contribution in [0.4, 0.5) is 26.1 Å². The molecule has 0 bridgehead atoms. The molecule has 1 aromatic carbocycles. The van der Waals surface area contributed by atoms with E-state index >= 15 is 0 Å². The Hall–Kier alpha value is -3.79. The Bertz CT molecular complexity index is 1610. The lowest BCUT2D eigenvalue weighted by Gasteiger charge is -2.33. The van der Waals surface area contributed by atoms with E-state index in [0.29, 0.717) is 60.1 Å². The predicted molar refractivity (Wildman–Crippen MR) is 143 cm³/mol. The summed E-state index contributed by atoms with van der Waals surface area (Å²) in [5, 5.41) is 15.1. The first kappa shape index (κ1) is 24.5. The number of halogens is 2. The van der Waals surface area contributed by atoms with Crippen molar-refractivity contribution >= 4 is 28.2 Å². The molecule has 38 heavy (non-hydrogen) atoms. The molecule has 4 aromatic rings. The second-order valence-corrected chi connectivity index (χ2v) is 10.3. The fraction of sp³-hybridized carbons (Fsp3) is 0.393. The lowest BCUT2D eigenvalue weighted by molar-refractivity contribution is 0.152. The van der Waals surface area contributed by atoms with Crippen molar-refractivity contribution < 1.29 is 13.9 Å². The maximum atomic E-state index is 14.4. The van der Waals surface area contributed by atoms with Crippen molar-refractivity contribution in [2.45, 2.75) is 38.7 Å². The van der Waals surface area contributed by atoms with Crippen LogP contribution in [-0.4, -0.2) is 50.2 Å². The molecule has 1 saturated heterocycles. The zero-order valence-electron chi connectivity index (χ0n) is 21.7. The van der Waals surface area contributed by atoms with Crippen molar-refractivity contribution in [3.8, 4) is 11.1 Å². The molecular weight excluding hydrogens is 490 g/mol. The molecule has 0 spiro atoms. The Morgan fingerprint density at radius 3 is 2.63 bits per heavy atom. The summed E-state index contributed by atoms with van der Waals surface area (Å²) in [5.41, 5.74) is 3.99. The van der Waals surface area contributed by atoms with E-state index < -0.39 is 12.5 Å². The van der Waals surface area contributed by atoms with Crippen molar-refractivity contribution in [1.29, 1.82) is 0 Å². The van der Waals surface area contributed by atoms with E-state index in [4.69, 9.17) is 4.98 Å². The molecule has 198 valence electrons. The molecule has 5 heterocycles. The number of pyridine rings is 2. The number of anilines is 3. The number of aromatic nitrogens is 4. The number of nitrogens with zero attached hydrogens (tertiary/aromatic N) is 6.